The minimum atomic E-state index is 0.791. The first-order valence-electron chi connectivity index (χ1n) is 7.44. The van der Waals surface area contributed by atoms with Gasteiger partial charge in [-0.1, -0.05) is 23.7 Å². The van der Waals surface area contributed by atoms with Crippen LogP contribution in [0.4, 0.5) is 0 Å². The van der Waals surface area contributed by atoms with E-state index in [1.807, 2.05) is 29.5 Å². The molecule has 0 aliphatic heterocycles. The Bertz CT molecular complexity index is 829. The van der Waals surface area contributed by atoms with E-state index in [-0.39, 0.29) is 0 Å². The van der Waals surface area contributed by atoms with E-state index in [2.05, 4.69) is 16.0 Å². The molecule has 1 aliphatic carbocycles. The number of aromatic nitrogens is 2. The molecule has 22 heavy (non-hydrogen) atoms. The molecular weight excluding hydrogens is 332 g/mol. The molecular formula is C17H15ClN2S2. The summed E-state index contributed by atoms with van der Waals surface area (Å²) in [6.45, 7) is 0. The van der Waals surface area contributed by atoms with Gasteiger partial charge in [0.2, 0.25) is 0 Å². The molecule has 0 fully saturated rings. The molecule has 0 amide bonds. The quantitative estimate of drug-likeness (QED) is 0.461. The Labute approximate surface area is 142 Å². The topological polar surface area (TPSA) is 25.8 Å². The highest BCUT2D eigenvalue weighted by molar-refractivity contribution is 7.98. The summed E-state index contributed by atoms with van der Waals surface area (Å²) in [5, 5.41) is 3.21. The first-order chi connectivity index (χ1) is 10.8. The first-order valence-corrected chi connectivity index (χ1v) is 9.62. The Kier molecular flexibility index (Phi) is 4.07. The zero-order valence-corrected chi connectivity index (χ0v) is 14.4. The molecule has 2 aromatic heterocycles. The Morgan fingerprint density at radius 2 is 2.09 bits per heavy atom. The molecule has 0 saturated heterocycles. The SMILES string of the molecule is Clc1cccc(CSc2ncnc3sc4c(c23)CCCC4)c1. The van der Waals surface area contributed by atoms with Crippen LogP contribution in [0.2, 0.25) is 5.02 Å². The number of thioether (sulfide) groups is 1. The second-order valence-corrected chi connectivity index (χ2v) is 7.97. The van der Waals surface area contributed by atoms with Crippen molar-refractivity contribution in [2.45, 2.75) is 36.5 Å². The van der Waals surface area contributed by atoms with Gasteiger partial charge in [-0.2, -0.15) is 0 Å². The summed E-state index contributed by atoms with van der Waals surface area (Å²) in [6.07, 6.45) is 6.66. The third-order valence-electron chi connectivity index (χ3n) is 3.98. The molecule has 0 spiro atoms. The highest BCUT2D eigenvalue weighted by Crippen LogP contribution is 2.39. The maximum Gasteiger partial charge on any atom is 0.128 e. The predicted molar refractivity (Wildman–Crippen MR) is 95.1 cm³/mol. The van der Waals surface area contributed by atoms with Gasteiger partial charge >= 0.3 is 0 Å². The molecule has 0 atom stereocenters. The maximum absolute atomic E-state index is 6.07. The van der Waals surface area contributed by atoms with Crippen molar-refractivity contribution in [2.75, 3.05) is 0 Å². The smallest absolute Gasteiger partial charge is 0.128 e. The molecule has 1 aliphatic rings. The molecule has 0 N–H and O–H groups in total. The molecule has 3 aromatic rings. The Balaban J connectivity index is 1.68. The largest absolute Gasteiger partial charge is 0.229 e. The summed E-state index contributed by atoms with van der Waals surface area (Å²) in [6, 6.07) is 8.05. The summed E-state index contributed by atoms with van der Waals surface area (Å²) in [7, 11) is 0. The average molecular weight is 347 g/mol. The van der Waals surface area contributed by atoms with Gasteiger partial charge in [-0.15, -0.1) is 23.1 Å². The van der Waals surface area contributed by atoms with Gasteiger partial charge in [-0.05, 0) is 48.9 Å². The normalized spacial score (nSPS) is 14.2. The van der Waals surface area contributed by atoms with Crippen molar-refractivity contribution < 1.29 is 0 Å². The van der Waals surface area contributed by atoms with Crippen molar-refractivity contribution in [3.8, 4) is 0 Å². The van der Waals surface area contributed by atoms with Crippen molar-refractivity contribution in [1.29, 1.82) is 0 Å². The molecule has 0 bridgehead atoms. The van der Waals surface area contributed by atoms with E-state index in [0.29, 0.717) is 0 Å². The van der Waals surface area contributed by atoms with E-state index in [4.69, 9.17) is 11.6 Å². The number of thiophene rings is 1. The van der Waals surface area contributed by atoms with Crippen LogP contribution in [0.15, 0.2) is 35.6 Å². The summed E-state index contributed by atoms with van der Waals surface area (Å²) in [4.78, 5) is 11.7. The van der Waals surface area contributed by atoms with Crippen LogP contribution in [-0.4, -0.2) is 9.97 Å². The van der Waals surface area contributed by atoms with Crippen LogP contribution >= 0.6 is 34.7 Å². The lowest BCUT2D eigenvalue weighted by molar-refractivity contribution is 0.699. The first kappa shape index (κ1) is 14.5. The van der Waals surface area contributed by atoms with Gasteiger partial charge in [-0.25, -0.2) is 9.97 Å². The number of rotatable bonds is 3. The van der Waals surface area contributed by atoms with E-state index >= 15 is 0 Å². The zero-order valence-electron chi connectivity index (χ0n) is 12.0. The molecule has 2 nitrogen and oxygen atoms in total. The van der Waals surface area contributed by atoms with Gasteiger partial charge in [0.15, 0.2) is 0 Å². The number of benzene rings is 1. The van der Waals surface area contributed by atoms with Gasteiger partial charge in [0.05, 0.1) is 0 Å². The van der Waals surface area contributed by atoms with E-state index < -0.39 is 0 Å². The highest BCUT2D eigenvalue weighted by Gasteiger charge is 2.19. The minimum absolute atomic E-state index is 0.791. The van der Waals surface area contributed by atoms with Crippen molar-refractivity contribution in [1.82, 2.24) is 9.97 Å². The fourth-order valence-corrected chi connectivity index (χ4v) is 5.42. The fraction of sp³-hybridized carbons (Fsp3) is 0.294. The van der Waals surface area contributed by atoms with Crippen molar-refractivity contribution in [2.24, 2.45) is 0 Å². The minimum Gasteiger partial charge on any atom is -0.229 e. The van der Waals surface area contributed by atoms with E-state index in [1.54, 1.807) is 18.1 Å². The molecule has 4 rings (SSSR count). The number of halogens is 1. The summed E-state index contributed by atoms with van der Waals surface area (Å²) in [5.74, 6) is 0.886. The second kappa shape index (κ2) is 6.19. The molecule has 5 heteroatoms. The van der Waals surface area contributed by atoms with Crippen LogP contribution in [0.25, 0.3) is 10.2 Å². The van der Waals surface area contributed by atoms with Crippen molar-refractivity contribution >= 4 is 44.9 Å². The van der Waals surface area contributed by atoms with Gasteiger partial charge in [0, 0.05) is 21.0 Å². The lowest BCUT2D eigenvalue weighted by Crippen LogP contribution is -1.99. The van der Waals surface area contributed by atoms with Crippen LogP contribution in [0, 0.1) is 0 Å². The number of hydrogen-bond acceptors (Lipinski definition) is 4. The molecule has 0 radical (unpaired) electrons. The van der Waals surface area contributed by atoms with Gasteiger partial charge < -0.3 is 0 Å². The Morgan fingerprint density at radius 3 is 3.00 bits per heavy atom. The van der Waals surface area contributed by atoms with E-state index in [1.165, 1.54) is 47.1 Å². The summed E-state index contributed by atoms with van der Waals surface area (Å²) in [5.41, 5.74) is 2.73. The lowest BCUT2D eigenvalue weighted by Gasteiger charge is -2.11. The van der Waals surface area contributed by atoms with Crippen molar-refractivity contribution in [3.05, 3.63) is 51.6 Å². The average Bonchev–Trinajstić information content (AvgIpc) is 2.92. The van der Waals surface area contributed by atoms with Gasteiger partial charge in [-0.3, -0.25) is 0 Å². The van der Waals surface area contributed by atoms with Crippen LogP contribution in [0.3, 0.4) is 0 Å². The third-order valence-corrected chi connectivity index (χ3v) is 6.48. The van der Waals surface area contributed by atoms with E-state index in [9.17, 15) is 0 Å². The summed E-state index contributed by atoms with van der Waals surface area (Å²) < 4.78 is 0. The molecule has 112 valence electrons. The zero-order chi connectivity index (χ0) is 14.9. The van der Waals surface area contributed by atoms with Gasteiger partial charge in [0.1, 0.15) is 16.2 Å². The standard InChI is InChI=1S/C17H15ClN2S2/c18-12-5-3-4-11(8-12)9-21-16-15-13-6-1-2-7-14(13)22-17(15)20-10-19-16/h3-5,8,10H,1-2,6-7,9H2. The highest BCUT2D eigenvalue weighted by atomic mass is 35.5. The molecule has 1 aromatic carbocycles. The number of hydrogen-bond donors (Lipinski definition) is 0. The molecule has 2 heterocycles. The number of nitrogens with zero attached hydrogens (tertiary/aromatic N) is 2. The predicted octanol–water partition coefficient (Wildman–Crippen LogP) is 5.52. The van der Waals surface area contributed by atoms with Crippen LogP contribution in [0.1, 0.15) is 28.8 Å². The van der Waals surface area contributed by atoms with E-state index in [0.717, 1.165) is 20.6 Å². The molecule has 0 saturated carbocycles. The number of aryl methyl sites for hydroxylation is 2. The number of fused-ring (bicyclic) bond motifs is 3. The van der Waals surface area contributed by atoms with Crippen molar-refractivity contribution in [3.63, 3.8) is 0 Å². The monoisotopic (exact) mass is 346 g/mol. The Morgan fingerprint density at radius 1 is 1.18 bits per heavy atom. The second-order valence-electron chi connectivity index (χ2n) is 5.49. The van der Waals surface area contributed by atoms with Crippen LogP contribution < -0.4 is 0 Å². The molecule has 0 unspecified atom stereocenters. The third kappa shape index (κ3) is 2.75. The van der Waals surface area contributed by atoms with Gasteiger partial charge in [0.25, 0.3) is 0 Å². The van der Waals surface area contributed by atoms with Crippen LogP contribution in [0.5, 0.6) is 0 Å². The maximum atomic E-state index is 6.07. The Hall–Kier alpha value is -1.10. The summed E-state index contributed by atoms with van der Waals surface area (Å²) >= 11 is 9.70. The lowest BCUT2D eigenvalue weighted by atomic mass is 9.97. The van der Waals surface area contributed by atoms with Crippen LogP contribution in [-0.2, 0) is 18.6 Å². The fourth-order valence-electron chi connectivity index (χ4n) is 2.95.